The summed E-state index contributed by atoms with van der Waals surface area (Å²) in [4.78, 5) is 50.7. The van der Waals surface area contributed by atoms with Gasteiger partial charge in [-0.2, -0.15) is 0 Å². The molecule has 2 aromatic carbocycles. The molecule has 34 heavy (non-hydrogen) atoms. The van der Waals surface area contributed by atoms with Crippen LogP contribution in [0.1, 0.15) is 29.8 Å². The Balaban J connectivity index is 1.80. The van der Waals surface area contributed by atoms with Crippen molar-refractivity contribution in [1.82, 2.24) is 9.13 Å². The first kappa shape index (κ1) is 24.8. The van der Waals surface area contributed by atoms with E-state index in [9.17, 15) is 19.2 Å². The van der Waals surface area contributed by atoms with Gasteiger partial charge in [-0.05, 0) is 43.7 Å². The van der Waals surface area contributed by atoms with Gasteiger partial charge in [-0.1, -0.05) is 41.9 Å². The van der Waals surface area contributed by atoms with Crippen molar-refractivity contribution in [3.05, 3.63) is 91.6 Å². The zero-order chi connectivity index (χ0) is 25.0. The van der Waals surface area contributed by atoms with E-state index in [-0.39, 0.29) is 12.4 Å². The fourth-order valence-corrected chi connectivity index (χ4v) is 3.31. The van der Waals surface area contributed by atoms with Gasteiger partial charge in [0.2, 0.25) is 5.78 Å². The fourth-order valence-electron chi connectivity index (χ4n) is 3.18. The number of esters is 1. The van der Waals surface area contributed by atoms with E-state index in [1.165, 1.54) is 20.9 Å². The van der Waals surface area contributed by atoms with Crippen molar-refractivity contribution in [3.63, 3.8) is 0 Å². The maximum atomic E-state index is 12.8. The van der Waals surface area contributed by atoms with Crippen molar-refractivity contribution in [3.8, 4) is 5.75 Å². The predicted octanol–water partition coefficient (Wildman–Crippen LogP) is 2.41. The monoisotopic (exact) mass is 485 g/mol. The Bertz CT molecular complexity index is 1330. The van der Waals surface area contributed by atoms with E-state index in [4.69, 9.17) is 26.8 Å². The molecule has 1 heterocycles. The normalized spacial score (nSPS) is 11.2. The molecule has 9 nitrogen and oxygen atoms in total. The van der Waals surface area contributed by atoms with Crippen LogP contribution in [0.3, 0.4) is 0 Å². The zero-order valence-corrected chi connectivity index (χ0v) is 19.7. The van der Waals surface area contributed by atoms with E-state index in [1.807, 2.05) is 6.07 Å². The van der Waals surface area contributed by atoms with Gasteiger partial charge in [0.25, 0.3) is 5.56 Å². The van der Waals surface area contributed by atoms with Crippen molar-refractivity contribution < 1.29 is 19.1 Å². The van der Waals surface area contributed by atoms with Crippen molar-refractivity contribution in [2.24, 2.45) is 7.05 Å². The Kier molecular flexibility index (Phi) is 7.26. The minimum Gasteiger partial charge on any atom is -0.476 e. The molecule has 0 amide bonds. The molecular weight excluding hydrogens is 462 g/mol. The lowest BCUT2D eigenvalue weighted by Crippen LogP contribution is -2.44. The van der Waals surface area contributed by atoms with Gasteiger partial charge >= 0.3 is 11.7 Å². The summed E-state index contributed by atoms with van der Waals surface area (Å²) in [5.74, 6) is -1.59. The van der Waals surface area contributed by atoms with Gasteiger partial charge in [0.1, 0.15) is 17.1 Å². The van der Waals surface area contributed by atoms with Crippen LogP contribution < -0.4 is 21.7 Å². The van der Waals surface area contributed by atoms with E-state index in [0.29, 0.717) is 10.8 Å². The first-order chi connectivity index (χ1) is 16.0. The van der Waals surface area contributed by atoms with Crippen molar-refractivity contribution in [2.75, 3.05) is 12.3 Å². The number of benzene rings is 2. The van der Waals surface area contributed by atoms with E-state index in [1.54, 1.807) is 48.5 Å². The number of carbonyl (C=O) groups is 2. The summed E-state index contributed by atoms with van der Waals surface area (Å²) in [6, 6.07) is 15.3. The highest BCUT2D eigenvalue weighted by Gasteiger charge is 2.33. The summed E-state index contributed by atoms with van der Waals surface area (Å²) >= 11 is 5.85. The number of aromatic nitrogens is 2. The number of ketones is 1. The van der Waals surface area contributed by atoms with Crippen LogP contribution >= 0.6 is 11.6 Å². The van der Waals surface area contributed by atoms with Gasteiger partial charge in [0.05, 0.1) is 6.54 Å². The van der Waals surface area contributed by atoms with Crippen LogP contribution in [0.5, 0.6) is 5.75 Å². The summed E-state index contributed by atoms with van der Waals surface area (Å²) in [5, 5.41) is 0.506. The van der Waals surface area contributed by atoms with E-state index >= 15 is 0 Å². The number of nitrogens with two attached hydrogens (primary N) is 1. The molecular formula is C24H24ClN3O6. The molecule has 0 aliphatic carbocycles. The number of ether oxygens (including phenoxy) is 2. The Labute approximate surface area is 200 Å². The number of hydrogen-bond acceptors (Lipinski definition) is 7. The first-order valence-electron chi connectivity index (χ1n) is 10.3. The first-order valence-corrected chi connectivity index (χ1v) is 10.7. The highest BCUT2D eigenvalue weighted by Crippen LogP contribution is 2.22. The fraction of sp³-hybridized carbons (Fsp3) is 0.250. The lowest BCUT2D eigenvalue weighted by Gasteiger charge is -2.24. The molecule has 1 aromatic heterocycles. The SMILES string of the molecule is Cn1c(=O)c(C(=O)COC(=O)C(C)(C)Oc2ccc(Cl)cc2)c(N)n(Cc2ccccc2)c1=O. The Hall–Kier alpha value is -3.85. The van der Waals surface area contributed by atoms with Crippen molar-refractivity contribution in [1.29, 1.82) is 0 Å². The number of nitrogens with zero attached hydrogens (tertiary/aromatic N) is 2. The summed E-state index contributed by atoms with van der Waals surface area (Å²) in [6.45, 7) is 2.25. The molecule has 0 radical (unpaired) electrons. The Morgan fingerprint density at radius 1 is 1.03 bits per heavy atom. The van der Waals surface area contributed by atoms with Crippen LogP contribution in [0.15, 0.2) is 64.2 Å². The molecule has 0 fully saturated rings. The van der Waals surface area contributed by atoms with Crippen LogP contribution in [0.4, 0.5) is 5.82 Å². The molecule has 0 unspecified atom stereocenters. The van der Waals surface area contributed by atoms with Crippen LogP contribution in [-0.2, 0) is 23.1 Å². The van der Waals surface area contributed by atoms with E-state index < -0.39 is 40.8 Å². The number of rotatable bonds is 8. The standard InChI is InChI=1S/C24H24ClN3O6/c1-24(2,34-17-11-9-16(25)10-12-17)22(31)33-14-18(29)19-20(26)28(23(32)27(3)21(19)30)13-15-7-5-4-6-8-15/h4-12H,13-14,26H2,1-3H3. The lowest BCUT2D eigenvalue weighted by molar-refractivity contribution is -0.158. The third-order valence-corrected chi connectivity index (χ3v) is 5.31. The van der Waals surface area contributed by atoms with Gasteiger partial charge in [-0.15, -0.1) is 0 Å². The van der Waals surface area contributed by atoms with Crippen molar-refractivity contribution >= 4 is 29.2 Å². The van der Waals surface area contributed by atoms with Gasteiger partial charge < -0.3 is 15.2 Å². The van der Waals surface area contributed by atoms with E-state index in [2.05, 4.69) is 0 Å². The zero-order valence-electron chi connectivity index (χ0n) is 18.9. The molecule has 2 N–H and O–H groups in total. The molecule has 3 aromatic rings. The second-order valence-electron chi connectivity index (χ2n) is 8.04. The smallest absolute Gasteiger partial charge is 0.350 e. The minimum atomic E-state index is -1.43. The quantitative estimate of drug-likeness (QED) is 0.384. The number of nitrogen functional groups attached to an aromatic ring is 1. The predicted molar refractivity (Wildman–Crippen MR) is 127 cm³/mol. The third-order valence-electron chi connectivity index (χ3n) is 5.06. The second kappa shape index (κ2) is 9.96. The lowest BCUT2D eigenvalue weighted by atomic mass is 10.1. The average molecular weight is 486 g/mol. The van der Waals surface area contributed by atoms with E-state index in [0.717, 1.165) is 14.7 Å². The van der Waals surface area contributed by atoms with Gasteiger partial charge in [0.15, 0.2) is 12.2 Å². The van der Waals surface area contributed by atoms with Crippen molar-refractivity contribution in [2.45, 2.75) is 26.0 Å². The molecule has 0 saturated carbocycles. The second-order valence-corrected chi connectivity index (χ2v) is 8.48. The highest BCUT2D eigenvalue weighted by molar-refractivity contribution is 6.30. The average Bonchev–Trinajstić information content (AvgIpc) is 2.81. The van der Waals surface area contributed by atoms with Crippen LogP contribution in [0, 0.1) is 0 Å². The van der Waals surface area contributed by atoms with Crippen LogP contribution in [-0.4, -0.2) is 33.1 Å². The number of hydrogen-bond donors (Lipinski definition) is 1. The minimum absolute atomic E-state index is 0.0572. The van der Waals surface area contributed by atoms with Gasteiger partial charge in [-0.3, -0.25) is 18.7 Å². The Morgan fingerprint density at radius 2 is 1.65 bits per heavy atom. The molecule has 178 valence electrons. The molecule has 0 aliphatic heterocycles. The molecule has 0 saturated heterocycles. The maximum Gasteiger partial charge on any atom is 0.350 e. The Morgan fingerprint density at radius 3 is 2.26 bits per heavy atom. The summed E-state index contributed by atoms with van der Waals surface area (Å²) in [7, 11) is 1.25. The molecule has 0 spiro atoms. The highest BCUT2D eigenvalue weighted by atomic mass is 35.5. The summed E-state index contributed by atoms with van der Waals surface area (Å²) < 4.78 is 12.7. The maximum absolute atomic E-state index is 12.8. The molecule has 10 heteroatoms. The topological polar surface area (TPSA) is 123 Å². The number of carbonyl (C=O) groups excluding carboxylic acids is 2. The third kappa shape index (κ3) is 5.37. The molecule has 0 aliphatic rings. The van der Waals surface area contributed by atoms with Gasteiger partial charge in [-0.25, -0.2) is 9.59 Å². The molecule has 0 bridgehead atoms. The van der Waals surface area contributed by atoms with Gasteiger partial charge in [0, 0.05) is 12.1 Å². The largest absolute Gasteiger partial charge is 0.476 e. The molecule has 0 atom stereocenters. The molecule has 3 rings (SSSR count). The number of anilines is 1. The summed E-state index contributed by atoms with van der Waals surface area (Å²) in [6.07, 6.45) is 0. The number of halogens is 1. The summed E-state index contributed by atoms with van der Waals surface area (Å²) in [5.41, 5.74) is 3.41. The van der Waals surface area contributed by atoms with Crippen LogP contribution in [0.2, 0.25) is 5.02 Å². The number of Topliss-reactive ketones (excluding diaryl/α,β-unsaturated/α-hetero) is 1. The van der Waals surface area contributed by atoms with Crippen LogP contribution in [0.25, 0.3) is 0 Å².